The summed E-state index contributed by atoms with van der Waals surface area (Å²) >= 11 is 6.94. The van der Waals surface area contributed by atoms with E-state index in [4.69, 9.17) is 0 Å². The molecule has 116 valence electrons. The van der Waals surface area contributed by atoms with Crippen LogP contribution >= 0.6 is 31.9 Å². The van der Waals surface area contributed by atoms with E-state index in [9.17, 15) is 4.79 Å². The molecule has 21 heavy (non-hydrogen) atoms. The van der Waals surface area contributed by atoms with E-state index < -0.39 is 0 Å². The van der Waals surface area contributed by atoms with E-state index in [2.05, 4.69) is 52.4 Å². The monoisotopic (exact) mass is 418 g/mol. The topological polar surface area (TPSA) is 57.3 Å². The smallest absolute Gasteiger partial charge is 0.233 e. The van der Waals surface area contributed by atoms with E-state index in [0.717, 1.165) is 47.1 Å². The van der Waals surface area contributed by atoms with Crippen molar-refractivity contribution < 1.29 is 4.79 Å². The standard InChI is InChI=1S/C14H20Br2N4O/c1-17-14(21)9-20-4-2-11(3-5-20)18-8-13-12(16)6-10(15)7-19-13/h6-7,11,18H,2-5,8-9H2,1H3,(H,17,21). The molecular formula is C14H20Br2N4O. The van der Waals surface area contributed by atoms with Crippen LogP contribution < -0.4 is 10.6 Å². The fourth-order valence-corrected chi connectivity index (χ4v) is 3.52. The zero-order chi connectivity index (χ0) is 15.2. The van der Waals surface area contributed by atoms with Crippen LogP contribution in [0, 0.1) is 0 Å². The first kappa shape index (κ1) is 16.9. The van der Waals surface area contributed by atoms with Crippen molar-refractivity contribution in [3.8, 4) is 0 Å². The van der Waals surface area contributed by atoms with Crippen LogP contribution in [0.3, 0.4) is 0 Å². The summed E-state index contributed by atoms with van der Waals surface area (Å²) in [4.78, 5) is 18.0. The molecule has 2 heterocycles. The highest BCUT2D eigenvalue weighted by Crippen LogP contribution is 2.20. The fourth-order valence-electron chi connectivity index (χ4n) is 2.39. The van der Waals surface area contributed by atoms with Crippen LogP contribution in [0.15, 0.2) is 21.2 Å². The molecule has 0 radical (unpaired) electrons. The molecule has 1 aliphatic heterocycles. The number of amides is 1. The van der Waals surface area contributed by atoms with Crippen LogP contribution in [0.4, 0.5) is 0 Å². The van der Waals surface area contributed by atoms with Gasteiger partial charge < -0.3 is 10.6 Å². The van der Waals surface area contributed by atoms with Gasteiger partial charge in [0.25, 0.3) is 0 Å². The van der Waals surface area contributed by atoms with Gasteiger partial charge in [-0.15, -0.1) is 0 Å². The number of nitrogens with zero attached hydrogens (tertiary/aromatic N) is 2. The van der Waals surface area contributed by atoms with Crippen LogP contribution in [0.1, 0.15) is 18.5 Å². The maximum atomic E-state index is 11.4. The van der Waals surface area contributed by atoms with Gasteiger partial charge in [-0.1, -0.05) is 0 Å². The summed E-state index contributed by atoms with van der Waals surface area (Å²) in [6.45, 7) is 3.18. The number of piperidine rings is 1. The highest BCUT2D eigenvalue weighted by Gasteiger charge is 2.20. The lowest BCUT2D eigenvalue weighted by molar-refractivity contribution is -0.122. The molecule has 7 heteroatoms. The predicted octanol–water partition coefficient (Wildman–Crippen LogP) is 1.91. The number of carbonyl (C=O) groups excluding carboxylic acids is 1. The van der Waals surface area contributed by atoms with Gasteiger partial charge in [-0.05, 0) is 50.8 Å². The van der Waals surface area contributed by atoms with E-state index in [1.165, 1.54) is 0 Å². The largest absolute Gasteiger partial charge is 0.358 e. The highest BCUT2D eigenvalue weighted by atomic mass is 79.9. The average molecular weight is 420 g/mol. The summed E-state index contributed by atoms with van der Waals surface area (Å²) in [6, 6.07) is 2.50. The second-order valence-corrected chi connectivity index (χ2v) is 6.96. The van der Waals surface area contributed by atoms with Crippen molar-refractivity contribution in [2.45, 2.75) is 25.4 Å². The second-order valence-electron chi connectivity index (χ2n) is 5.19. The van der Waals surface area contributed by atoms with Crippen molar-refractivity contribution in [1.29, 1.82) is 0 Å². The molecular weight excluding hydrogens is 400 g/mol. The van der Waals surface area contributed by atoms with Gasteiger partial charge >= 0.3 is 0 Å². The van der Waals surface area contributed by atoms with Gasteiger partial charge in [0.15, 0.2) is 0 Å². The molecule has 0 unspecified atom stereocenters. The molecule has 0 saturated carbocycles. The van der Waals surface area contributed by atoms with Crippen molar-refractivity contribution in [2.24, 2.45) is 0 Å². The molecule has 1 aromatic heterocycles. The van der Waals surface area contributed by atoms with Gasteiger partial charge in [-0.2, -0.15) is 0 Å². The summed E-state index contributed by atoms with van der Waals surface area (Å²) in [5.41, 5.74) is 1.02. The maximum absolute atomic E-state index is 11.4. The quantitative estimate of drug-likeness (QED) is 0.765. The van der Waals surface area contributed by atoms with Gasteiger partial charge in [-0.3, -0.25) is 14.7 Å². The Balaban J connectivity index is 1.75. The lowest BCUT2D eigenvalue weighted by atomic mass is 10.0. The van der Waals surface area contributed by atoms with E-state index in [1.807, 2.05) is 12.3 Å². The molecule has 0 aliphatic carbocycles. The Morgan fingerprint density at radius 3 is 2.76 bits per heavy atom. The Hall–Kier alpha value is -0.500. The first-order chi connectivity index (χ1) is 10.1. The Bertz CT molecular complexity index is 490. The molecule has 1 aromatic rings. The van der Waals surface area contributed by atoms with Crippen LogP contribution in [-0.2, 0) is 11.3 Å². The number of halogens is 2. The van der Waals surface area contributed by atoms with Crippen molar-refractivity contribution in [3.05, 3.63) is 26.9 Å². The minimum atomic E-state index is 0.0874. The predicted molar refractivity (Wildman–Crippen MR) is 90.0 cm³/mol. The van der Waals surface area contributed by atoms with Crippen molar-refractivity contribution in [3.63, 3.8) is 0 Å². The lowest BCUT2D eigenvalue weighted by Crippen LogP contribution is -2.45. The molecule has 1 amide bonds. The average Bonchev–Trinajstić information content (AvgIpc) is 2.48. The van der Waals surface area contributed by atoms with E-state index in [1.54, 1.807) is 7.05 Å². The Kier molecular flexibility index (Phi) is 6.60. The summed E-state index contributed by atoms with van der Waals surface area (Å²) in [5, 5.41) is 6.22. The molecule has 1 fully saturated rings. The minimum absolute atomic E-state index is 0.0874. The molecule has 5 nitrogen and oxygen atoms in total. The number of likely N-dealkylation sites (tertiary alicyclic amines) is 1. The lowest BCUT2D eigenvalue weighted by Gasteiger charge is -2.31. The van der Waals surface area contributed by atoms with Crippen LogP contribution in [0.2, 0.25) is 0 Å². The van der Waals surface area contributed by atoms with Crippen LogP contribution in [-0.4, -0.2) is 48.5 Å². The summed E-state index contributed by atoms with van der Waals surface area (Å²) < 4.78 is 1.99. The van der Waals surface area contributed by atoms with Crippen LogP contribution in [0.5, 0.6) is 0 Å². The highest BCUT2D eigenvalue weighted by molar-refractivity contribution is 9.11. The van der Waals surface area contributed by atoms with E-state index in [-0.39, 0.29) is 5.91 Å². The summed E-state index contributed by atoms with van der Waals surface area (Å²) in [7, 11) is 1.68. The third kappa shape index (κ3) is 5.32. The van der Waals surface area contributed by atoms with Gasteiger partial charge in [0.1, 0.15) is 0 Å². The molecule has 1 saturated heterocycles. The Morgan fingerprint density at radius 1 is 1.43 bits per heavy atom. The molecule has 1 aliphatic rings. The number of carbonyl (C=O) groups is 1. The normalized spacial score (nSPS) is 16.9. The van der Waals surface area contributed by atoms with Gasteiger partial charge in [0.05, 0.1) is 12.2 Å². The molecule has 2 rings (SSSR count). The third-order valence-corrected chi connectivity index (χ3v) is 4.80. The summed E-state index contributed by atoms with van der Waals surface area (Å²) in [5.74, 6) is 0.0874. The van der Waals surface area contributed by atoms with Crippen molar-refractivity contribution >= 4 is 37.8 Å². The minimum Gasteiger partial charge on any atom is -0.358 e. The molecule has 2 N–H and O–H groups in total. The van der Waals surface area contributed by atoms with Gasteiger partial charge in [0.2, 0.25) is 5.91 Å². The maximum Gasteiger partial charge on any atom is 0.233 e. The Morgan fingerprint density at radius 2 is 2.14 bits per heavy atom. The van der Waals surface area contributed by atoms with E-state index in [0.29, 0.717) is 12.6 Å². The molecule has 0 atom stereocenters. The molecule has 0 bridgehead atoms. The number of aromatic nitrogens is 1. The Labute approximate surface area is 142 Å². The molecule has 0 aromatic carbocycles. The fraction of sp³-hybridized carbons (Fsp3) is 0.571. The van der Waals surface area contributed by atoms with E-state index >= 15 is 0 Å². The first-order valence-electron chi connectivity index (χ1n) is 7.04. The number of hydrogen-bond acceptors (Lipinski definition) is 4. The van der Waals surface area contributed by atoms with Crippen molar-refractivity contribution in [2.75, 3.05) is 26.7 Å². The number of pyridine rings is 1. The zero-order valence-electron chi connectivity index (χ0n) is 12.0. The SMILES string of the molecule is CNC(=O)CN1CCC(NCc2ncc(Br)cc2Br)CC1. The molecule has 0 spiro atoms. The zero-order valence-corrected chi connectivity index (χ0v) is 15.2. The first-order valence-corrected chi connectivity index (χ1v) is 8.63. The second kappa shape index (κ2) is 8.22. The number of nitrogens with one attached hydrogen (secondary N) is 2. The number of hydrogen-bond donors (Lipinski definition) is 2. The number of rotatable bonds is 5. The van der Waals surface area contributed by atoms with Gasteiger partial charge in [0, 0.05) is 47.9 Å². The van der Waals surface area contributed by atoms with Crippen molar-refractivity contribution in [1.82, 2.24) is 20.5 Å². The third-order valence-electron chi connectivity index (χ3n) is 3.68. The van der Waals surface area contributed by atoms with Gasteiger partial charge in [-0.25, -0.2) is 0 Å². The summed E-state index contributed by atoms with van der Waals surface area (Å²) in [6.07, 6.45) is 3.93. The number of likely N-dealkylation sites (N-methyl/N-ethyl adjacent to an activating group) is 1. The van der Waals surface area contributed by atoms with Crippen LogP contribution in [0.25, 0.3) is 0 Å².